The van der Waals surface area contributed by atoms with Crippen LogP contribution >= 0.6 is 0 Å². The Morgan fingerprint density at radius 2 is 1.62 bits per heavy atom. The van der Waals surface area contributed by atoms with E-state index in [1.165, 1.54) is 24.3 Å². The molecule has 0 unspecified atom stereocenters. The smallest absolute Gasteiger partial charge is 0.276 e. The largest absolute Gasteiger partial charge is 0.484 e. The molecular weight excluding hydrogens is 437 g/mol. The zero-order valence-electron chi connectivity index (χ0n) is 17.0. The van der Waals surface area contributed by atoms with Crippen LogP contribution in [0.4, 0.5) is 10.1 Å². The van der Waals surface area contributed by atoms with E-state index in [0.717, 1.165) is 29.8 Å². The van der Waals surface area contributed by atoms with Crippen LogP contribution in [-0.4, -0.2) is 26.8 Å². The Kier molecular flexibility index (Phi) is 7.06. The van der Waals surface area contributed by atoms with Crippen molar-refractivity contribution in [1.82, 2.24) is 10.9 Å². The molecule has 0 spiro atoms. The van der Waals surface area contributed by atoms with Crippen molar-refractivity contribution in [3.05, 3.63) is 89.7 Å². The lowest BCUT2D eigenvalue weighted by atomic mass is 10.2. The van der Waals surface area contributed by atoms with E-state index in [4.69, 9.17) is 4.74 Å². The second kappa shape index (κ2) is 9.92. The zero-order chi connectivity index (χ0) is 23.1. The first-order valence-electron chi connectivity index (χ1n) is 9.40. The predicted octanol–water partition coefficient (Wildman–Crippen LogP) is 2.77. The third-order valence-electron chi connectivity index (χ3n) is 4.20. The van der Waals surface area contributed by atoms with Crippen LogP contribution < -0.4 is 20.3 Å². The Bertz CT molecular complexity index is 1210. The van der Waals surface area contributed by atoms with Gasteiger partial charge in [-0.25, -0.2) is 12.8 Å². The molecule has 32 heavy (non-hydrogen) atoms. The Morgan fingerprint density at radius 3 is 2.28 bits per heavy atom. The van der Waals surface area contributed by atoms with Crippen LogP contribution in [0.2, 0.25) is 0 Å². The van der Waals surface area contributed by atoms with Gasteiger partial charge in [0.15, 0.2) is 6.61 Å². The van der Waals surface area contributed by atoms with Crippen molar-refractivity contribution in [2.45, 2.75) is 11.8 Å². The van der Waals surface area contributed by atoms with Gasteiger partial charge in [0.2, 0.25) is 0 Å². The van der Waals surface area contributed by atoms with Gasteiger partial charge in [-0.15, -0.1) is 0 Å². The summed E-state index contributed by atoms with van der Waals surface area (Å²) in [5.74, 6) is -1.16. The molecule has 166 valence electrons. The summed E-state index contributed by atoms with van der Waals surface area (Å²) < 4.78 is 45.3. The van der Waals surface area contributed by atoms with Gasteiger partial charge in [-0.3, -0.25) is 25.2 Å². The average molecular weight is 457 g/mol. The van der Waals surface area contributed by atoms with Crippen LogP contribution in [-0.2, 0) is 14.8 Å². The van der Waals surface area contributed by atoms with E-state index in [0.29, 0.717) is 5.75 Å². The van der Waals surface area contributed by atoms with Crippen molar-refractivity contribution in [3.8, 4) is 5.75 Å². The molecule has 0 saturated carbocycles. The fourth-order valence-corrected chi connectivity index (χ4v) is 3.66. The SMILES string of the molecule is Cc1cccc(OCC(=O)NNC(=O)c2ccc(NS(=O)(=O)c3ccc(F)cc3)cc2)c1. The van der Waals surface area contributed by atoms with Crippen molar-refractivity contribution in [2.24, 2.45) is 0 Å². The molecular formula is C22H20FN3O5S. The van der Waals surface area contributed by atoms with Gasteiger partial charge in [0.1, 0.15) is 11.6 Å². The predicted molar refractivity (Wildman–Crippen MR) is 116 cm³/mol. The monoisotopic (exact) mass is 457 g/mol. The van der Waals surface area contributed by atoms with E-state index in [2.05, 4.69) is 15.6 Å². The topological polar surface area (TPSA) is 114 Å². The van der Waals surface area contributed by atoms with Gasteiger partial charge in [0.25, 0.3) is 21.8 Å². The summed E-state index contributed by atoms with van der Waals surface area (Å²) in [7, 11) is -3.90. The molecule has 0 radical (unpaired) electrons. The summed E-state index contributed by atoms with van der Waals surface area (Å²) >= 11 is 0. The number of rotatable bonds is 7. The first-order valence-corrected chi connectivity index (χ1v) is 10.9. The number of anilines is 1. The fraction of sp³-hybridized carbons (Fsp3) is 0.0909. The van der Waals surface area contributed by atoms with Gasteiger partial charge in [-0.1, -0.05) is 12.1 Å². The van der Waals surface area contributed by atoms with Crippen LogP contribution in [0.15, 0.2) is 77.7 Å². The van der Waals surface area contributed by atoms with E-state index in [1.807, 2.05) is 13.0 Å². The van der Waals surface area contributed by atoms with Crippen molar-refractivity contribution in [2.75, 3.05) is 11.3 Å². The molecule has 8 nitrogen and oxygen atoms in total. The summed E-state index contributed by atoms with van der Waals surface area (Å²) in [6.45, 7) is 1.61. The number of hydrogen-bond donors (Lipinski definition) is 3. The highest BCUT2D eigenvalue weighted by Gasteiger charge is 2.15. The number of carbonyl (C=O) groups is 2. The first-order chi connectivity index (χ1) is 15.2. The van der Waals surface area contributed by atoms with Gasteiger partial charge in [0, 0.05) is 11.3 Å². The number of amides is 2. The van der Waals surface area contributed by atoms with E-state index < -0.39 is 27.7 Å². The van der Waals surface area contributed by atoms with Gasteiger partial charge in [0.05, 0.1) is 4.90 Å². The molecule has 0 aliphatic rings. The van der Waals surface area contributed by atoms with E-state index >= 15 is 0 Å². The van der Waals surface area contributed by atoms with Crippen LogP contribution in [0.1, 0.15) is 15.9 Å². The minimum atomic E-state index is -3.90. The van der Waals surface area contributed by atoms with Crippen molar-refractivity contribution < 1.29 is 27.1 Å². The number of nitrogens with one attached hydrogen (secondary N) is 3. The molecule has 0 bridgehead atoms. The minimum absolute atomic E-state index is 0.101. The number of sulfonamides is 1. The molecule has 0 aliphatic heterocycles. The molecule has 0 aromatic heterocycles. The Labute approximate surface area is 184 Å². The van der Waals surface area contributed by atoms with Crippen molar-refractivity contribution >= 4 is 27.5 Å². The molecule has 3 N–H and O–H groups in total. The number of carbonyl (C=O) groups excluding carboxylic acids is 2. The van der Waals surface area contributed by atoms with Crippen LogP contribution in [0, 0.1) is 12.7 Å². The molecule has 0 heterocycles. The number of benzene rings is 3. The standard InChI is InChI=1S/C22H20FN3O5S/c1-15-3-2-4-19(13-15)31-14-21(27)24-25-22(28)16-5-9-18(10-6-16)26-32(29,30)20-11-7-17(23)8-12-20/h2-13,26H,14H2,1H3,(H,24,27)(H,25,28). The molecule has 2 amide bonds. The first kappa shape index (κ1) is 22.8. The molecule has 3 rings (SSSR count). The molecule has 0 atom stereocenters. The Balaban J connectivity index is 1.51. The van der Waals surface area contributed by atoms with Crippen molar-refractivity contribution in [3.63, 3.8) is 0 Å². The van der Waals surface area contributed by atoms with E-state index in [9.17, 15) is 22.4 Å². The normalized spacial score (nSPS) is 10.8. The Morgan fingerprint density at radius 1 is 0.938 bits per heavy atom. The lowest BCUT2D eigenvalue weighted by Crippen LogP contribution is -2.43. The Hall–Kier alpha value is -3.92. The number of aryl methyl sites for hydroxylation is 1. The number of hydrogen-bond acceptors (Lipinski definition) is 5. The molecule has 0 saturated heterocycles. The van der Waals surface area contributed by atoms with E-state index in [-0.39, 0.29) is 22.8 Å². The summed E-state index contributed by atoms with van der Waals surface area (Å²) in [6.07, 6.45) is 0. The molecule has 3 aromatic carbocycles. The lowest BCUT2D eigenvalue weighted by molar-refractivity contribution is -0.123. The molecule has 10 heteroatoms. The van der Waals surface area contributed by atoms with Gasteiger partial charge >= 0.3 is 0 Å². The maximum atomic E-state index is 13.0. The molecule has 3 aromatic rings. The van der Waals surface area contributed by atoms with Crippen LogP contribution in [0.5, 0.6) is 5.75 Å². The summed E-state index contributed by atoms with van der Waals surface area (Å²) in [4.78, 5) is 23.9. The number of halogens is 1. The molecule has 0 fully saturated rings. The quantitative estimate of drug-likeness (QED) is 0.472. The summed E-state index contributed by atoms with van der Waals surface area (Å²) in [5, 5.41) is 0. The minimum Gasteiger partial charge on any atom is -0.484 e. The highest BCUT2D eigenvalue weighted by atomic mass is 32.2. The van der Waals surface area contributed by atoms with E-state index in [1.54, 1.807) is 18.2 Å². The van der Waals surface area contributed by atoms with Gasteiger partial charge < -0.3 is 4.74 Å². The lowest BCUT2D eigenvalue weighted by Gasteiger charge is -2.10. The summed E-state index contributed by atoms with van der Waals surface area (Å²) in [5.41, 5.74) is 5.88. The van der Waals surface area contributed by atoms with Crippen molar-refractivity contribution in [1.29, 1.82) is 0 Å². The second-order valence-electron chi connectivity index (χ2n) is 6.74. The second-order valence-corrected chi connectivity index (χ2v) is 8.43. The summed E-state index contributed by atoms with van der Waals surface area (Å²) in [6, 6.07) is 17.1. The van der Waals surface area contributed by atoms with Gasteiger partial charge in [-0.2, -0.15) is 0 Å². The highest BCUT2D eigenvalue weighted by molar-refractivity contribution is 7.92. The fourth-order valence-electron chi connectivity index (χ4n) is 2.61. The van der Waals surface area contributed by atoms with Crippen LogP contribution in [0.25, 0.3) is 0 Å². The van der Waals surface area contributed by atoms with Crippen LogP contribution in [0.3, 0.4) is 0 Å². The number of ether oxygens (including phenoxy) is 1. The maximum absolute atomic E-state index is 13.0. The molecule has 0 aliphatic carbocycles. The maximum Gasteiger partial charge on any atom is 0.276 e. The van der Waals surface area contributed by atoms with Gasteiger partial charge in [-0.05, 0) is 73.2 Å². The number of hydrazine groups is 1. The third kappa shape index (κ3) is 6.29. The highest BCUT2D eigenvalue weighted by Crippen LogP contribution is 2.17. The third-order valence-corrected chi connectivity index (χ3v) is 5.60. The zero-order valence-corrected chi connectivity index (χ0v) is 17.8. The average Bonchev–Trinajstić information content (AvgIpc) is 2.76.